The molecule has 0 spiro atoms. The number of nitriles is 1. The smallest absolute Gasteiger partial charge is 0.191 e. The molecular formula is C23H29FN4O2. The quantitative estimate of drug-likeness (QED) is 0.354. The number of ether oxygens (including phenoxy) is 2. The van der Waals surface area contributed by atoms with Crippen molar-refractivity contribution in [2.75, 3.05) is 26.4 Å². The molecule has 0 amide bonds. The second-order valence-electron chi connectivity index (χ2n) is 6.62. The van der Waals surface area contributed by atoms with Crippen LogP contribution in [0.2, 0.25) is 0 Å². The van der Waals surface area contributed by atoms with Crippen molar-refractivity contribution in [1.29, 1.82) is 5.26 Å². The highest BCUT2D eigenvalue weighted by molar-refractivity contribution is 5.79. The predicted molar refractivity (Wildman–Crippen MR) is 116 cm³/mol. The van der Waals surface area contributed by atoms with Gasteiger partial charge < -0.3 is 20.1 Å². The van der Waals surface area contributed by atoms with E-state index in [1.165, 1.54) is 18.2 Å². The molecule has 0 aromatic heterocycles. The number of benzene rings is 2. The summed E-state index contributed by atoms with van der Waals surface area (Å²) < 4.78 is 25.2. The molecule has 30 heavy (non-hydrogen) atoms. The molecule has 0 fully saturated rings. The first-order valence-electron chi connectivity index (χ1n) is 10.1. The van der Waals surface area contributed by atoms with Gasteiger partial charge in [0.25, 0.3) is 0 Å². The van der Waals surface area contributed by atoms with Crippen LogP contribution in [0.3, 0.4) is 0 Å². The van der Waals surface area contributed by atoms with Crippen molar-refractivity contribution in [3.05, 3.63) is 64.5 Å². The molecule has 0 aliphatic heterocycles. The van der Waals surface area contributed by atoms with Gasteiger partial charge in [-0.2, -0.15) is 5.26 Å². The maximum absolute atomic E-state index is 14.0. The van der Waals surface area contributed by atoms with Gasteiger partial charge in [-0.15, -0.1) is 0 Å². The zero-order valence-corrected chi connectivity index (χ0v) is 17.8. The van der Waals surface area contributed by atoms with E-state index < -0.39 is 0 Å². The molecule has 0 saturated heterocycles. The SMILES string of the molecule is CCNC(=NCc1cc(C#N)ccc1F)NCc1ccc(C)cc1OCCOCC. The van der Waals surface area contributed by atoms with Gasteiger partial charge in [0.1, 0.15) is 18.2 Å². The summed E-state index contributed by atoms with van der Waals surface area (Å²) in [6.45, 7) is 8.89. The molecule has 0 heterocycles. The van der Waals surface area contributed by atoms with Crippen molar-refractivity contribution in [2.45, 2.75) is 33.9 Å². The molecule has 2 rings (SSSR count). The normalized spacial score (nSPS) is 11.1. The lowest BCUT2D eigenvalue weighted by Crippen LogP contribution is -2.36. The fourth-order valence-electron chi connectivity index (χ4n) is 2.75. The molecule has 0 saturated carbocycles. The summed E-state index contributed by atoms with van der Waals surface area (Å²) in [5.41, 5.74) is 2.88. The Morgan fingerprint density at radius 3 is 2.67 bits per heavy atom. The molecule has 2 aromatic rings. The van der Waals surface area contributed by atoms with E-state index in [0.717, 1.165) is 16.9 Å². The molecular weight excluding hydrogens is 383 g/mol. The number of hydrogen-bond acceptors (Lipinski definition) is 4. The van der Waals surface area contributed by atoms with Gasteiger partial charge in [0, 0.05) is 30.8 Å². The zero-order valence-electron chi connectivity index (χ0n) is 17.8. The lowest BCUT2D eigenvalue weighted by Gasteiger charge is -2.15. The van der Waals surface area contributed by atoms with Crippen LogP contribution in [0.15, 0.2) is 41.4 Å². The number of aryl methyl sites for hydroxylation is 1. The largest absolute Gasteiger partial charge is 0.491 e. The van der Waals surface area contributed by atoms with Gasteiger partial charge in [0.2, 0.25) is 0 Å². The Balaban J connectivity index is 2.07. The molecule has 0 aliphatic carbocycles. The summed E-state index contributed by atoms with van der Waals surface area (Å²) in [4.78, 5) is 4.45. The van der Waals surface area contributed by atoms with Crippen LogP contribution in [0.5, 0.6) is 5.75 Å². The lowest BCUT2D eigenvalue weighted by molar-refractivity contribution is 0.110. The average Bonchev–Trinajstić information content (AvgIpc) is 2.75. The van der Waals surface area contributed by atoms with E-state index >= 15 is 0 Å². The second kappa shape index (κ2) is 12.5. The number of rotatable bonds is 10. The minimum atomic E-state index is -0.378. The third kappa shape index (κ3) is 7.37. The number of guanidine groups is 1. The van der Waals surface area contributed by atoms with Crippen molar-refractivity contribution in [2.24, 2.45) is 4.99 Å². The molecule has 0 atom stereocenters. The topological polar surface area (TPSA) is 78.7 Å². The van der Waals surface area contributed by atoms with Crippen molar-refractivity contribution >= 4 is 5.96 Å². The van der Waals surface area contributed by atoms with E-state index in [1.807, 2.05) is 45.0 Å². The molecule has 0 unspecified atom stereocenters. The molecule has 0 radical (unpaired) electrons. The van der Waals surface area contributed by atoms with Gasteiger partial charge in [-0.05, 0) is 50.6 Å². The summed E-state index contributed by atoms with van der Waals surface area (Å²) in [7, 11) is 0. The average molecular weight is 413 g/mol. The predicted octanol–water partition coefficient (Wildman–Crippen LogP) is 3.68. The highest BCUT2D eigenvalue weighted by atomic mass is 19.1. The van der Waals surface area contributed by atoms with E-state index in [0.29, 0.717) is 50.0 Å². The Morgan fingerprint density at radius 2 is 1.93 bits per heavy atom. The number of halogens is 1. The van der Waals surface area contributed by atoms with Crippen molar-refractivity contribution in [3.63, 3.8) is 0 Å². The Hall–Kier alpha value is -3.11. The van der Waals surface area contributed by atoms with Crippen molar-refractivity contribution < 1.29 is 13.9 Å². The fraction of sp³-hybridized carbons (Fsp3) is 0.391. The number of nitrogens with zero attached hydrogens (tertiary/aromatic N) is 2. The molecule has 2 aromatic carbocycles. The van der Waals surface area contributed by atoms with Crippen LogP contribution in [0.4, 0.5) is 4.39 Å². The molecule has 7 heteroatoms. The first-order chi connectivity index (χ1) is 14.6. The Morgan fingerprint density at radius 1 is 1.10 bits per heavy atom. The highest BCUT2D eigenvalue weighted by Crippen LogP contribution is 2.20. The monoisotopic (exact) mass is 412 g/mol. The molecule has 6 nitrogen and oxygen atoms in total. The highest BCUT2D eigenvalue weighted by Gasteiger charge is 2.08. The summed E-state index contributed by atoms with van der Waals surface area (Å²) in [5, 5.41) is 15.4. The van der Waals surface area contributed by atoms with Gasteiger partial charge in [-0.25, -0.2) is 9.38 Å². The lowest BCUT2D eigenvalue weighted by atomic mass is 10.1. The van der Waals surface area contributed by atoms with Gasteiger partial charge in [0.05, 0.1) is 24.8 Å². The zero-order chi connectivity index (χ0) is 21.8. The van der Waals surface area contributed by atoms with Crippen LogP contribution in [0.25, 0.3) is 0 Å². The van der Waals surface area contributed by atoms with Crippen LogP contribution in [0, 0.1) is 24.1 Å². The Kier molecular flexibility index (Phi) is 9.62. The first-order valence-corrected chi connectivity index (χ1v) is 10.1. The van der Waals surface area contributed by atoms with E-state index in [1.54, 1.807) is 0 Å². The first kappa shape index (κ1) is 23.2. The Labute approximate surface area is 177 Å². The van der Waals surface area contributed by atoms with Crippen molar-refractivity contribution in [3.8, 4) is 11.8 Å². The van der Waals surface area contributed by atoms with Crippen LogP contribution in [0.1, 0.15) is 36.1 Å². The van der Waals surface area contributed by atoms with Crippen molar-refractivity contribution in [1.82, 2.24) is 10.6 Å². The fourth-order valence-corrected chi connectivity index (χ4v) is 2.75. The van der Waals surface area contributed by atoms with Crippen LogP contribution < -0.4 is 15.4 Å². The minimum Gasteiger partial charge on any atom is -0.491 e. The summed E-state index contributed by atoms with van der Waals surface area (Å²) >= 11 is 0. The maximum atomic E-state index is 14.0. The van der Waals surface area contributed by atoms with Gasteiger partial charge in [0.15, 0.2) is 5.96 Å². The van der Waals surface area contributed by atoms with E-state index in [4.69, 9.17) is 14.7 Å². The van der Waals surface area contributed by atoms with Gasteiger partial charge >= 0.3 is 0 Å². The third-order valence-corrected chi connectivity index (χ3v) is 4.28. The molecule has 0 bridgehead atoms. The molecule has 0 aliphatic rings. The summed E-state index contributed by atoms with van der Waals surface area (Å²) in [5.74, 6) is 0.975. The second-order valence-corrected chi connectivity index (χ2v) is 6.62. The van der Waals surface area contributed by atoms with Crippen LogP contribution >= 0.6 is 0 Å². The number of hydrogen-bond donors (Lipinski definition) is 2. The minimum absolute atomic E-state index is 0.127. The summed E-state index contributed by atoms with van der Waals surface area (Å²) in [6.07, 6.45) is 0. The maximum Gasteiger partial charge on any atom is 0.191 e. The van der Waals surface area contributed by atoms with E-state index in [-0.39, 0.29) is 12.4 Å². The standard InChI is InChI=1S/C23H29FN4O2/c1-4-26-23(28-16-20-13-18(14-25)7-9-21(20)24)27-15-19-8-6-17(3)12-22(19)30-11-10-29-5-2/h6-9,12-13H,4-5,10-11,15-16H2,1-3H3,(H2,26,27,28). The van der Waals surface area contributed by atoms with E-state index in [9.17, 15) is 4.39 Å². The molecule has 160 valence electrons. The number of nitrogens with one attached hydrogen (secondary N) is 2. The number of aliphatic imine (C=N–C) groups is 1. The van der Waals surface area contributed by atoms with Gasteiger partial charge in [-0.1, -0.05) is 12.1 Å². The van der Waals surface area contributed by atoms with E-state index in [2.05, 4.69) is 15.6 Å². The third-order valence-electron chi connectivity index (χ3n) is 4.28. The van der Waals surface area contributed by atoms with Gasteiger partial charge in [-0.3, -0.25) is 0 Å². The summed E-state index contributed by atoms with van der Waals surface area (Å²) in [6, 6.07) is 12.3. The molecule has 2 N–H and O–H groups in total. The Bertz CT molecular complexity index is 893. The van der Waals surface area contributed by atoms with Crippen LogP contribution in [-0.2, 0) is 17.8 Å². The van der Waals surface area contributed by atoms with Crippen LogP contribution in [-0.4, -0.2) is 32.3 Å².